The molecule has 0 fully saturated rings. The first-order valence-electron chi connectivity index (χ1n) is 8.49. The highest BCUT2D eigenvalue weighted by Crippen LogP contribution is 2.30. The fourth-order valence-electron chi connectivity index (χ4n) is 2.57. The molecule has 0 saturated carbocycles. The Bertz CT molecular complexity index is 899. The van der Waals surface area contributed by atoms with Gasteiger partial charge in [-0.05, 0) is 43.7 Å². The standard InChI is InChI=1S/C19H20F2N4O2/c1-3-26-17-9-13(7-8-16(17)27-19(20)21)11-22-15-6-4-5-14(10-15)18-23-12(2)24-25-18/h4-10,19,22H,3,11H2,1-2H3,(H,23,24,25). The molecule has 2 aromatic carbocycles. The normalized spacial score (nSPS) is 10.9. The van der Waals surface area contributed by atoms with Crippen molar-refractivity contribution in [1.29, 1.82) is 0 Å². The van der Waals surface area contributed by atoms with Gasteiger partial charge in [-0.3, -0.25) is 5.10 Å². The van der Waals surface area contributed by atoms with E-state index < -0.39 is 6.61 Å². The second-order valence-corrected chi connectivity index (χ2v) is 5.77. The summed E-state index contributed by atoms with van der Waals surface area (Å²) in [6.45, 7) is 1.58. The molecule has 3 aromatic rings. The molecule has 1 aromatic heterocycles. The van der Waals surface area contributed by atoms with Gasteiger partial charge < -0.3 is 14.8 Å². The Morgan fingerprint density at radius 1 is 1.15 bits per heavy atom. The van der Waals surface area contributed by atoms with Crippen molar-refractivity contribution in [1.82, 2.24) is 15.2 Å². The van der Waals surface area contributed by atoms with Crippen molar-refractivity contribution in [2.45, 2.75) is 27.0 Å². The molecule has 0 amide bonds. The molecule has 8 heteroatoms. The predicted molar refractivity (Wildman–Crippen MR) is 98.1 cm³/mol. The van der Waals surface area contributed by atoms with Crippen LogP contribution in [0.3, 0.4) is 0 Å². The third-order valence-corrected chi connectivity index (χ3v) is 3.74. The number of anilines is 1. The molecule has 0 spiro atoms. The number of H-pyrrole nitrogens is 1. The lowest BCUT2D eigenvalue weighted by atomic mass is 10.1. The molecule has 0 aliphatic carbocycles. The maximum Gasteiger partial charge on any atom is 0.387 e. The van der Waals surface area contributed by atoms with E-state index in [1.165, 1.54) is 6.07 Å². The molecule has 3 rings (SSSR count). The van der Waals surface area contributed by atoms with E-state index in [0.717, 1.165) is 22.6 Å². The first-order valence-corrected chi connectivity index (χ1v) is 8.49. The van der Waals surface area contributed by atoms with E-state index in [1.54, 1.807) is 19.1 Å². The number of benzene rings is 2. The van der Waals surface area contributed by atoms with Gasteiger partial charge in [0.25, 0.3) is 0 Å². The number of halogens is 2. The summed E-state index contributed by atoms with van der Waals surface area (Å²) in [5.74, 6) is 1.70. The number of nitrogens with one attached hydrogen (secondary N) is 2. The van der Waals surface area contributed by atoms with Crippen LogP contribution in [0.15, 0.2) is 42.5 Å². The molecule has 2 N–H and O–H groups in total. The van der Waals surface area contributed by atoms with Crippen LogP contribution in [-0.4, -0.2) is 28.4 Å². The largest absolute Gasteiger partial charge is 0.490 e. The van der Waals surface area contributed by atoms with Gasteiger partial charge in [-0.25, -0.2) is 4.98 Å². The second-order valence-electron chi connectivity index (χ2n) is 5.77. The lowest BCUT2D eigenvalue weighted by Gasteiger charge is -2.13. The van der Waals surface area contributed by atoms with E-state index in [1.807, 2.05) is 31.2 Å². The lowest BCUT2D eigenvalue weighted by Crippen LogP contribution is -2.06. The summed E-state index contributed by atoms with van der Waals surface area (Å²) in [6, 6.07) is 12.6. The number of aryl methyl sites for hydroxylation is 1. The maximum atomic E-state index is 12.5. The van der Waals surface area contributed by atoms with E-state index in [4.69, 9.17) is 4.74 Å². The topological polar surface area (TPSA) is 72.1 Å². The van der Waals surface area contributed by atoms with Crippen LogP contribution in [0.2, 0.25) is 0 Å². The average Bonchev–Trinajstić information content (AvgIpc) is 3.08. The van der Waals surface area contributed by atoms with Crippen molar-refractivity contribution in [2.75, 3.05) is 11.9 Å². The molecule has 27 heavy (non-hydrogen) atoms. The van der Waals surface area contributed by atoms with Crippen LogP contribution < -0.4 is 14.8 Å². The summed E-state index contributed by atoms with van der Waals surface area (Å²) >= 11 is 0. The number of ether oxygens (including phenoxy) is 2. The van der Waals surface area contributed by atoms with Crippen LogP contribution in [0, 0.1) is 6.92 Å². The van der Waals surface area contributed by atoms with Gasteiger partial charge in [-0.15, -0.1) is 0 Å². The van der Waals surface area contributed by atoms with Gasteiger partial charge in [0.1, 0.15) is 5.82 Å². The fraction of sp³-hybridized carbons (Fsp3) is 0.263. The molecule has 0 saturated heterocycles. The zero-order valence-electron chi connectivity index (χ0n) is 15.0. The highest BCUT2D eigenvalue weighted by atomic mass is 19.3. The Morgan fingerprint density at radius 3 is 2.70 bits per heavy atom. The number of hydrogen-bond donors (Lipinski definition) is 2. The van der Waals surface area contributed by atoms with Gasteiger partial charge in [0, 0.05) is 17.8 Å². The highest BCUT2D eigenvalue weighted by Gasteiger charge is 2.12. The van der Waals surface area contributed by atoms with Crippen molar-refractivity contribution in [2.24, 2.45) is 0 Å². The first-order chi connectivity index (χ1) is 13.0. The Kier molecular flexibility index (Phi) is 5.85. The maximum absolute atomic E-state index is 12.5. The van der Waals surface area contributed by atoms with E-state index in [0.29, 0.717) is 24.7 Å². The number of hydrogen-bond acceptors (Lipinski definition) is 5. The number of aromatic amines is 1. The summed E-state index contributed by atoms with van der Waals surface area (Å²) in [5, 5.41) is 10.3. The van der Waals surface area contributed by atoms with Gasteiger partial charge in [-0.2, -0.15) is 13.9 Å². The number of rotatable bonds is 8. The summed E-state index contributed by atoms with van der Waals surface area (Å²) in [5.41, 5.74) is 2.65. The van der Waals surface area contributed by atoms with E-state index in [9.17, 15) is 8.78 Å². The molecule has 0 radical (unpaired) electrons. The van der Waals surface area contributed by atoms with Gasteiger partial charge in [0.15, 0.2) is 17.3 Å². The van der Waals surface area contributed by atoms with Gasteiger partial charge in [0.05, 0.1) is 6.61 Å². The zero-order valence-corrected chi connectivity index (χ0v) is 15.0. The SMILES string of the molecule is CCOc1cc(CNc2cccc(-c3n[nH]c(C)n3)c2)ccc1OC(F)F. The van der Waals surface area contributed by atoms with E-state index in [2.05, 4.69) is 25.2 Å². The third kappa shape index (κ3) is 4.93. The van der Waals surface area contributed by atoms with Crippen LogP contribution in [0.1, 0.15) is 18.3 Å². The van der Waals surface area contributed by atoms with Gasteiger partial charge in [-0.1, -0.05) is 18.2 Å². The van der Waals surface area contributed by atoms with E-state index >= 15 is 0 Å². The number of nitrogens with zero attached hydrogens (tertiary/aromatic N) is 2. The molecule has 142 valence electrons. The first kappa shape index (κ1) is 18.6. The molecule has 0 aliphatic rings. The molecular weight excluding hydrogens is 354 g/mol. The van der Waals surface area contributed by atoms with E-state index in [-0.39, 0.29) is 5.75 Å². The molecular formula is C19H20F2N4O2. The molecule has 0 aliphatic heterocycles. The Hall–Kier alpha value is -3.16. The van der Waals surface area contributed by atoms with Crippen molar-refractivity contribution < 1.29 is 18.3 Å². The van der Waals surface area contributed by atoms with Crippen LogP contribution in [0.4, 0.5) is 14.5 Å². The summed E-state index contributed by atoms with van der Waals surface area (Å²) in [4.78, 5) is 4.32. The van der Waals surface area contributed by atoms with Gasteiger partial charge in [0.2, 0.25) is 0 Å². The monoisotopic (exact) mass is 374 g/mol. The van der Waals surface area contributed by atoms with Crippen LogP contribution in [-0.2, 0) is 6.54 Å². The molecule has 6 nitrogen and oxygen atoms in total. The Balaban J connectivity index is 1.72. The van der Waals surface area contributed by atoms with Crippen molar-refractivity contribution in [3.8, 4) is 22.9 Å². The average molecular weight is 374 g/mol. The fourth-order valence-corrected chi connectivity index (χ4v) is 2.57. The minimum absolute atomic E-state index is 0.0255. The quantitative estimate of drug-likeness (QED) is 0.612. The minimum atomic E-state index is -2.89. The minimum Gasteiger partial charge on any atom is -0.490 e. The van der Waals surface area contributed by atoms with Gasteiger partial charge >= 0.3 is 6.61 Å². The second kappa shape index (κ2) is 8.48. The third-order valence-electron chi connectivity index (χ3n) is 3.74. The van der Waals surface area contributed by atoms with Crippen molar-refractivity contribution in [3.63, 3.8) is 0 Å². The molecule has 0 unspecified atom stereocenters. The smallest absolute Gasteiger partial charge is 0.387 e. The van der Waals surface area contributed by atoms with Crippen molar-refractivity contribution >= 4 is 5.69 Å². The number of aromatic nitrogens is 3. The summed E-state index contributed by atoms with van der Waals surface area (Å²) in [7, 11) is 0. The Labute approximate surface area is 155 Å². The molecule has 0 atom stereocenters. The zero-order chi connectivity index (χ0) is 19.2. The lowest BCUT2D eigenvalue weighted by molar-refractivity contribution is -0.0514. The summed E-state index contributed by atoms with van der Waals surface area (Å²) in [6.07, 6.45) is 0. The molecule has 1 heterocycles. The van der Waals surface area contributed by atoms with Crippen LogP contribution in [0.25, 0.3) is 11.4 Å². The molecule has 0 bridgehead atoms. The Morgan fingerprint density at radius 2 is 2.00 bits per heavy atom. The predicted octanol–water partition coefficient (Wildman–Crippen LogP) is 4.39. The van der Waals surface area contributed by atoms with Crippen LogP contribution in [0.5, 0.6) is 11.5 Å². The van der Waals surface area contributed by atoms with Crippen LogP contribution >= 0.6 is 0 Å². The number of alkyl halides is 2. The summed E-state index contributed by atoms with van der Waals surface area (Å²) < 4.78 is 34.9. The highest BCUT2D eigenvalue weighted by molar-refractivity contribution is 5.62. The van der Waals surface area contributed by atoms with Crippen molar-refractivity contribution in [3.05, 3.63) is 53.9 Å².